The highest BCUT2D eigenvalue weighted by Crippen LogP contribution is 2.25. The van der Waals surface area contributed by atoms with Gasteiger partial charge in [0.1, 0.15) is 6.04 Å². The van der Waals surface area contributed by atoms with Crippen LogP contribution in [0.15, 0.2) is 53.4 Å². The van der Waals surface area contributed by atoms with Crippen LogP contribution in [0.4, 0.5) is 0 Å². The van der Waals surface area contributed by atoms with Gasteiger partial charge in [-0.1, -0.05) is 56.7 Å². The van der Waals surface area contributed by atoms with Gasteiger partial charge >= 0.3 is 0 Å². The molecule has 0 aliphatic carbocycles. The number of hydrogen-bond acceptors (Lipinski definition) is 4. The van der Waals surface area contributed by atoms with Gasteiger partial charge in [-0.2, -0.15) is 4.31 Å². The Morgan fingerprint density at radius 2 is 1.63 bits per heavy atom. The Balaban J connectivity index is 1.43. The number of nitrogens with zero attached hydrogens (tertiary/aromatic N) is 2. The number of sulfonamides is 1. The summed E-state index contributed by atoms with van der Waals surface area (Å²) in [7, 11) is -3.48. The van der Waals surface area contributed by atoms with Crippen LogP contribution in [0.25, 0.3) is 0 Å². The molecular formula is C27H35N3O4S. The third-order valence-corrected chi connectivity index (χ3v) is 8.71. The number of carbonyl (C=O) groups excluding carboxylic acids is 2. The molecule has 2 amide bonds. The van der Waals surface area contributed by atoms with Crippen LogP contribution >= 0.6 is 0 Å². The summed E-state index contributed by atoms with van der Waals surface area (Å²) in [6, 6.07) is 14.1. The van der Waals surface area contributed by atoms with Crippen LogP contribution in [0.3, 0.4) is 0 Å². The molecule has 0 bridgehead atoms. The highest BCUT2D eigenvalue weighted by atomic mass is 32.2. The molecule has 0 aromatic heterocycles. The van der Waals surface area contributed by atoms with Crippen LogP contribution < -0.4 is 5.32 Å². The maximum Gasteiger partial charge on any atom is 0.243 e. The number of fused-ring (bicyclic) bond motifs is 1. The van der Waals surface area contributed by atoms with E-state index in [2.05, 4.69) is 5.32 Å². The van der Waals surface area contributed by atoms with Gasteiger partial charge in [-0.05, 0) is 47.6 Å². The van der Waals surface area contributed by atoms with E-state index in [1.165, 1.54) is 0 Å². The summed E-state index contributed by atoms with van der Waals surface area (Å²) in [6.45, 7) is 5.84. The number of carbonyl (C=O) groups is 2. The number of amides is 2. The first kappa shape index (κ1) is 25.4. The van der Waals surface area contributed by atoms with Gasteiger partial charge in [0, 0.05) is 39.0 Å². The molecule has 0 saturated carbocycles. The fourth-order valence-corrected chi connectivity index (χ4v) is 6.34. The quantitative estimate of drug-likeness (QED) is 0.635. The van der Waals surface area contributed by atoms with Crippen molar-refractivity contribution < 1.29 is 18.0 Å². The zero-order valence-electron chi connectivity index (χ0n) is 20.6. The first-order chi connectivity index (χ1) is 16.8. The number of hydrogen-bond donors (Lipinski definition) is 1. The Hall–Kier alpha value is -2.71. The molecular weight excluding hydrogens is 462 g/mol. The van der Waals surface area contributed by atoms with Gasteiger partial charge in [-0.15, -0.1) is 0 Å². The standard InChI is InChI=1S/C27H35N3O4S/c1-20(2)16-26(31)30-19-23-9-5-4-8-22(23)17-25(30)27(32)28-18-21-10-12-24(13-11-21)35(33,34)29-14-6-3-7-15-29/h4-5,8-13,20,25H,3,6-7,14-19H2,1-2H3,(H,28,32). The van der Waals surface area contributed by atoms with Gasteiger partial charge in [0.25, 0.3) is 0 Å². The molecule has 4 rings (SSSR count). The highest BCUT2D eigenvalue weighted by molar-refractivity contribution is 7.89. The van der Waals surface area contributed by atoms with E-state index in [4.69, 9.17) is 0 Å². The Labute approximate surface area is 208 Å². The Morgan fingerprint density at radius 1 is 0.971 bits per heavy atom. The van der Waals surface area contributed by atoms with E-state index in [1.807, 2.05) is 38.1 Å². The van der Waals surface area contributed by atoms with E-state index in [-0.39, 0.29) is 29.2 Å². The van der Waals surface area contributed by atoms with Crippen LogP contribution in [-0.4, -0.2) is 48.6 Å². The summed E-state index contributed by atoms with van der Waals surface area (Å²) in [5.41, 5.74) is 2.99. The number of nitrogens with one attached hydrogen (secondary N) is 1. The van der Waals surface area contributed by atoms with E-state index in [1.54, 1.807) is 33.5 Å². The fraction of sp³-hybridized carbons (Fsp3) is 0.481. The molecule has 8 heteroatoms. The van der Waals surface area contributed by atoms with Crippen molar-refractivity contribution in [1.29, 1.82) is 0 Å². The molecule has 35 heavy (non-hydrogen) atoms. The Kier molecular flexibility index (Phi) is 7.91. The average molecular weight is 498 g/mol. The molecule has 2 heterocycles. The normalized spacial score (nSPS) is 18.8. The van der Waals surface area contributed by atoms with Crippen LogP contribution in [-0.2, 0) is 39.1 Å². The predicted octanol–water partition coefficient (Wildman–Crippen LogP) is 3.48. The first-order valence-electron chi connectivity index (χ1n) is 12.5. The second-order valence-electron chi connectivity index (χ2n) is 9.93. The molecule has 1 fully saturated rings. The van der Waals surface area contributed by atoms with Crippen molar-refractivity contribution in [3.8, 4) is 0 Å². The largest absolute Gasteiger partial charge is 0.350 e. The minimum atomic E-state index is -3.48. The van der Waals surface area contributed by atoms with Crippen molar-refractivity contribution in [3.63, 3.8) is 0 Å². The Morgan fingerprint density at radius 3 is 2.29 bits per heavy atom. The topological polar surface area (TPSA) is 86.8 Å². The highest BCUT2D eigenvalue weighted by Gasteiger charge is 2.34. The second kappa shape index (κ2) is 10.9. The zero-order valence-corrected chi connectivity index (χ0v) is 21.4. The maximum absolute atomic E-state index is 13.2. The average Bonchev–Trinajstić information content (AvgIpc) is 2.87. The molecule has 0 radical (unpaired) electrons. The van der Waals surface area contributed by atoms with Crippen molar-refractivity contribution in [1.82, 2.24) is 14.5 Å². The first-order valence-corrected chi connectivity index (χ1v) is 13.9. The molecule has 1 saturated heterocycles. The number of benzene rings is 2. The van der Waals surface area contributed by atoms with E-state index >= 15 is 0 Å². The molecule has 1 unspecified atom stereocenters. The molecule has 2 aromatic carbocycles. The molecule has 7 nitrogen and oxygen atoms in total. The van der Waals surface area contributed by atoms with E-state index in [9.17, 15) is 18.0 Å². The molecule has 2 aliphatic heterocycles. The minimum absolute atomic E-state index is 0.0121. The monoisotopic (exact) mass is 497 g/mol. The van der Waals surface area contributed by atoms with Crippen molar-refractivity contribution in [2.45, 2.75) is 70.0 Å². The third-order valence-electron chi connectivity index (χ3n) is 6.80. The van der Waals surface area contributed by atoms with Crippen molar-refractivity contribution in [2.24, 2.45) is 5.92 Å². The lowest BCUT2D eigenvalue weighted by atomic mass is 9.92. The number of rotatable bonds is 7. The van der Waals surface area contributed by atoms with Gasteiger partial charge in [0.15, 0.2) is 0 Å². The number of piperidine rings is 1. The fourth-order valence-electron chi connectivity index (χ4n) is 4.83. The Bertz CT molecular complexity index is 1160. The lowest BCUT2D eigenvalue weighted by Gasteiger charge is -2.36. The summed E-state index contributed by atoms with van der Waals surface area (Å²) in [5.74, 6) is 0.00617. The van der Waals surface area contributed by atoms with Gasteiger partial charge in [-0.25, -0.2) is 8.42 Å². The summed E-state index contributed by atoms with van der Waals surface area (Å²) < 4.78 is 27.3. The molecule has 2 aliphatic rings. The summed E-state index contributed by atoms with van der Waals surface area (Å²) in [6.07, 6.45) is 3.74. The maximum atomic E-state index is 13.2. The van der Waals surface area contributed by atoms with Crippen LogP contribution in [0.2, 0.25) is 0 Å². The van der Waals surface area contributed by atoms with E-state index < -0.39 is 16.1 Å². The van der Waals surface area contributed by atoms with Crippen LogP contribution in [0, 0.1) is 5.92 Å². The SMILES string of the molecule is CC(C)CC(=O)N1Cc2ccccc2CC1C(=O)NCc1ccc(S(=O)(=O)N2CCCCC2)cc1. The van der Waals surface area contributed by atoms with Crippen molar-refractivity contribution >= 4 is 21.8 Å². The van der Waals surface area contributed by atoms with Gasteiger partial charge in [-0.3, -0.25) is 9.59 Å². The zero-order chi connectivity index (χ0) is 25.0. The van der Waals surface area contributed by atoms with Crippen molar-refractivity contribution in [3.05, 3.63) is 65.2 Å². The van der Waals surface area contributed by atoms with Gasteiger partial charge in [0.05, 0.1) is 4.90 Å². The van der Waals surface area contributed by atoms with E-state index in [0.29, 0.717) is 32.5 Å². The van der Waals surface area contributed by atoms with Gasteiger partial charge in [0.2, 0.25) is 21.8 Å². The minimum Gasteiger partial charge on any atom is -0.350 e. The predicted molar refractivity (Wildman–Crippen MR) is 135 cm³/mol. The lowest BCUT2D eigenvalue weighted by Crippen LogP contribution is -2.52. The molecule has 1 N–H and O–H groups in total. The molecule has 188 valence electrons. The van der Waals surface area contributed by atoms with Crippen LogP contribution in [0.5, 0.6) is 0 Å². The van der Waals surface area contributed by atoms with E-state index in [0.717, 1.165) is 36.0 Å². The van der Waals surface area contributed by atoms with Crippen molar-refractivity contribution in [2.75, 3.05) is 13.1 Å². The lowest BCUT2D eigenvalue weighted by molar-refractivity contribution is -0.142. The summed E-state index contributed by atoms with van der Waals surface area (Å²) >= 11 is 0. The van der Waals surface area contributed by atoms with Crippen LogP contribution in [0.1, 0.15) is 56.2 Å². The summed E-state index contributed by atoms with van der Waals surface area (Å²) in [5, 5.41) is 2.97. The summed E-state index contributed by atoms with van der Waals surface area (Å²) in [4.78, 5) is 28.1. The molecule has 2 aromatic rings. The smallest absolute Gasteiger partial charge is 0.243 e. The third kappa shape index (κ3) is 5.93. The molecule has 1 atom stereocenters. The molecule has 0 spiro atoms. The second-order valence-corrected chi connectivity index (χ2v) is 11.9. The van der Waals surface area contributed by atoms with Gasteiger partial charge < -0.3 is 10.2 Å².